The summed E-state index contributed by atoms with van der Waals surface area (Å²) in [6.45, 7) is 2.01. The summed E-state index contributed by atoms with van der Waals surface area (Å²) in [7, 11) is 0. The molecular weight excluding hydrogens is 547 g/mol. The van der Waals surface area contributed by atoms with Gasteiger partial charge in [-0.15, -0.1) is 0 Å². The van der Waals surface area contributed by atoms with E-state index in [-0.39, 0.29) is 35.7 Å². The maximum atomic E-state index is 13.3. The molecule has 0 spiro atoms. The quantitative estimate of drug-likeness (QED) is 0.207. The SMILES string of the molecule is N#Cc1cnc(Nc2cc(NC[C@H]3CNCCO3)c(C(F)(F)F)cn2)cn1.O=C(O)CC(O)(CC(=O)O)C(=O)O. The fraction of sp³-hybridized carbons (Fsp3) is 0.409. The van der Waals surface area contributed by atoms with Gasteiger partial charge in [-0.3, -0.25) is 9.59 Å². The van der Waals surface area contributed by atoms with Crippen molar-refractivity contribution in [1.82, 2.24) is 20.3 Å². The molecule has 3 heterocycles. The zero-order chi connectivity index (χ0) is 29.9. The fourth-order valence-corrected chi connectivity index (χ4v) is 3.17. The molecule has 1 saturated heterocycles. The van der Waals surface area contributed by atoms with Crippen molar-refractivity contribution in [1.29, 1.82) is 5.26 Å². The first-order valence-electron chi connectivity index (χ1n) is 11.3. The molecule has 0 aliphatic carbocycles. The van der Waals surface area contributed by atoms with Crippen molar-refractivity contribution in [2.75, 3.05) is 36.9 Å². The minimum Gasteiger partial charge on any atom is -0.481 e. The lowest BCUT2D eigenvalue weighted by molar-refractivity contribution is -0.170. The van der Waals surface area contributed by atoms with Crippen LogP contribution in [0, 0.1) is 11.3 Å². The average molecular weight is 571 g/mol. The van der Waals surface area contributed by atoms with Crippen LogP contribution in [0.5, 0.6) is 0 Å². The van der Waals surface area contributed by atoms with E-state index in [0.717, 1.165) is 12.7 Å². The summed E-state index contributed by atoms with van der Waals surface area (Å²) in [6, 6.07) is 3.08. The minimum absolute atomic E-state index is 0.115. The number of nitriles is 1. The van der Waals surface area contributed by atoms with Crippen LogP contribution < -0.4 is 16.0 Å². The van der Waals surface area contributed by atoms with Gasteiger partial charge in [-0.05, 0) is 0 Å². The second-order valence-electron chi connectivity index (χ2n) is 8.19. The fourth-order valence-electron chi connectivity index (χ4n) is 3.17. The monoisotopic (exact) mass is 571 g/mol. The normalized spacial score (nSPS) is 15.1. The number of aliphatic carboxylic acids is 3. The number of pyridine rings is 1. The molecule has 1 aliphatic rings. The van der Waals surface area contributed by atoms with Crippen molar-refractivity contribution in [2.45, 2.75) is 30.7 Å². The molecule has 1 atom stereocenters. The Balaban J connectivity index is 0.000000366. The Morgan fingerprint density at radius 2 is 1.73 bits per heavy atom. The highest BCUT2D eigenvalue weighted by Crippen LogP contribution is 2.35. The number of hydrogen-bond donors (Lipinski definition) is 7. The zero-order valence-electron chi connectivity index (χ0n) is 20.5. The molecule has 15 nitrogen and oxygen atoms in total. The third-order valence-corrected chi connectivity index (χ3v) is 5.04. The van der Waals surface area contributed by atoms with Crippen molar-refractivity contribution in [2.24, 2.45) is 0 Å². The van der Waals surface area contributed by atoms with E-state index in [1.54, 1.807) is 0 Å². The van der Waals surface area contributed by atoms with E-state index >= 15 is 0 Å². The summed E-state index contributed by atoms with van der Waals surface area (Å²) < 4.78 is 45.3. The van der Waals surface area contributed by atoms with Crippen molar-refractivity contribution in [3.05, 3.63) is 35.9 Å². The van der Waals surface area contributed by atoms with Crippen molar-refractivity contribution in [3.63, 3.8) is 0 Å². The summed E-state index contributed by atoms with van der Waals surface area (Å²) >= 11 is 0. The number of rotatable bonds is 10. The molecule has 7 N–H and O–H groups in total. The molecule has 0 radical (unpaired) electrons. The van der Waals surface area contributed by atoms with Crippen LogP contribution >= 0.6 is 0 Å². The molecule has 1 fully saturated rings. The van der Waals surface area contributed by atoms with Gasteiger partial charge < -0.3 is 41.1 Å². The van der Waals surface area contributed by atoms with Crippen LogP contribution in [0.15, 0.2) is 24.7 Å². The molecule has 0 bridgehead atoms. The van der Waals surface area contributed by atoms with Crippen molar-refractivity contribution < 1.29 is 52.7 Å². The second kappa shape index (κ2) is 14.0. The number of halogens is 3. The van der Waals surface area contributed by atoms with E-state index in [1.807, 2.05) is 6.07 Å². The van der Waals surface area contributed by atoms with Gasteiger partial charge in [-0.2, -0.15) is 18.4 Å². The molecule has 40 heavy (non-hydrogen) atoms. The molecule has 0 unspecified atom stereocenters. The van der Waals surface area contributed by atoms with E-state index in [4.69, 9.17) is 30.4 Å². The van der Waals surface area contributed by atoms with E-state index < -0.39 is 48.1 Å². The summed E-state index contributed by atoms with van der Waals surface area (Å²) in [4.78, 5) is 42.1. The molecule has 3 rings (SSSR count). The molecular formula is C22H24F3N7O8. The number of nitrogens with zero attached hydrogens (tertiary/aromatic N) is 4. The highest BCUT2D eigenvalue weighted by atomic mass is 19.4. The van der Waals surface area contributed by atoms with Gasteiger partial charge in [-0.25, -0.2) is 19.7 Å². The minimum atomic E-state index is -4.55. The molecule has 0 amide bonds. The van der Waals surface area contributed by atoms with E-state index in [0.29, 0.717) is 13.2 Å². The Hall–Kier alpha value is -4.60. The maximum absolute atomic E-state index is 13.3. The lowest BCUT2D eigenvalue weighted by Crippen LogP contribution is -2.42. The van der Waals surface area contributed by atoms with Crippen LogP contribution in [0.3, 0.4) is 0 Å². The standard InChI is InChI=1S/C16H16F3N7O.C6H8O7/c17-16(18,19)12-8-25-14(26-15-9-22-10(4-20)5-24-15)3-13(12)23-7-11-6-21-1-2-27-11;7-3(8)1-6(13,5(11)12)2-4(9)10/h3,5,8-9,11,21H,1-2,6-7H2,(H2,23,24,25,26);13H,1-2H2,(H,7,8)(H,9,10)(H,11,12)/t11-;/m1./s1. The second-order valence-corrected chi connectivity index (χ2v) is 8.19. The largest absolute Gasteiger partial charge is 0.481 e. The molecule has 1 aliphatic heterocycles. The van der Waals surface area contributed by atoms with E-state index in [2.05, 4.69) is 30.9 Å². The topological polar surface area (TPSA) is 240 Å². The first kappa shape index (κ1) is 31.6. The van der Waals surface area contributed by atoms with Gasteiger partial charge in [0.1, 0.15) is 17.7 Å². The first-order valence-corrected chi connectivity index (χ1v) is 11.3. The van der Waals surface area contributed by atoms with Crippen LogP contribution in [0.1, 0.15) is 24.1 Å². The van der Waals surface area contributed by atoms with Gasteiger partial charge in [0, 0.05) is 31.9 Å². The van der Waals surface area contributed by atoms with Gasteiger partial charge >= 0.3 is 24.1 Å². The van der Waals surface area contributed by atoms with Gasteiger partial charge in [0.05, 0.1) is 49.2 Å². The Morgan fingerprint density at radius 3 is 2.20 bits per heavy atom. The number of aromatic nitrogens is 3. The maximum Gasteiger partial charge on any atom is 0.419 e. The highest BCUT2D eigenvalue weighted by molar-refractivity contribution is 5.88. The molecule has 18 heteroatoms. The van der Waals surface area contributed by atoms with Crippen molar-refractivity contribution >= 4 is 35.2 Å². The summed E-state index contributed by atoms with van der Waals surface area (Å²) in [5.74, 6) is -4.60. The van der Waals surface area contributed by atoms with Crippen LogP contribution in [0.2, 0.25) is 0 Å². The number of ether oxygens (including phenoxy) is 1. The molecule has 2 aromatic heterocycles. The number of carboxylic acid groups (broad SMARTS) is 3. The Labute approximate surface area is 223 Å². The first-order chi connectivity index (χ1) is 18.7. The van der Waals surface area contributed by atoms with Crippen molar-refractivity contribution in [3.8, 4) is 6.07 Å². The number of alkyl halides is 3. The van der Waals surface area contributed by atoms with Gasteiger partial charge in [0.15, 0.2) is 11.3 Å². The van der Waals surface area contributed by atoms with E-state index in [1.165, 1.54) is 18.5 Å². The lowest BCUT2D eigenvalue weighted by atomic mass is 9.96. The lowest BCUT2D eigenvalue weighted by Gasteiger charge is -2.25. The predicted octanol–water partition coefficient (Wildman–Crippen LogP) is 0.657. The summed E-state index contributed by atoms with van der Waals surface area (Å²) in [5.41, 5.74) is -3.60. The van der Waals surface area contributed by atoms with Crippen LogP contribution in [-0.4, -0.2) is 91.2 Å². The Kier molecular flexibility index (Phi) is 11.0. The number of aliphatic hydroxyl groups is 1. The van der Waals surface area contributed by atoms with Gasteiger partial charge in [0.2, 0.25) is 0 Å². The molecule has 0 saturated carbocycles. The summed E-state index contributed by atoms with van der Waals surface area (Å²) in [6.07, 6.45) is -3.77. The van der Waals surface area contributed by atoms with Gasteiger partial charge in [0.25, 0.3) is 0 Å². The van der Waals surface area contributed by atoms with E-state index in [9.17, 15) is 27.6 Å². The zero-order valence-corrected chi connectivity index (χ0v) is 20.5. The molecule has 216 valence electrons. The number of morpholine rings is 1. The third kappa shape index (κ3) is 9.94. The van der Waals surface area contributed by atoms with Crippen LogP contribution in [0.4, 0.5) is 30.5 Å². The molecule has 2 aromatic rings. The average Bonchev–Trinajstić information content (AvgIpc) is 2.87. The van der Waals surface area contributed by atoms with Gasteiger partial charge in [-0.1, -0.05) is 0 Å². The summed E-state index contributed by atoms with van der Waals surface area (Å²) in [5, 5.41) is 51.2. The molecule has 0 aromatic carbocycles. The smallest absolute Gasteiger partial charge is 0.419 e. The Morgan fingerprint density at radius 1 is 1.07 bits per heavy atom. The third-order valence-electron chi connectivity index (χ3n) is 5.04. The predicted molar refractivity (Wildman–Crippen MR) is 127 cm³/mol. The van der Waals surface area contributed by atoms with Crippen LogP contribution in [0.25, 0.3) is 0 Å². The highest BCUT2D eigenvalue weighted by Gasteiger charge is 2.40. The number of anilines is 3. The Bertz CT molecular complexity index is 1220. The number of carbonyl (C=O) groups is 3. The van der Waals surface area contributed by atoms with Crippen LogP contribution in [-0.2, 0) is 25.3 Å². The number of carboxylic acids is 3. The number of hydrogen-bond acceptors (Lipinski definition) is 12. The number of nitrogens with one attached hydrogen (secondary N) is 3.